The molecule has 1 fully saturated rings. The van der Waals surface area contributed by atoms with Crippen molar-refractivity contribution in [2.45, 2.75) is 32.0 Å². The molecular formula is C20H24N2OS. The molecule has 0 aliphatic carbocycles. The Kier molecular flexibility index (Phi) is 6.21. The van der Waals surface area contributed by atoms with Gasteiger partial charge in [0.15, 0.2) is 5.11 Å². The van der Waals surface area contributed by atoms with Gasteiger partial charge in [0.2, 0.25) is 0 Å². The van der Waals surface area contributed by atoms with Crippen molar-refractivity contribution in [3.05, 3.63) is 71.8 Å². The topological polar surface area (TPSA) is 24.5 Å². The maximum Gasteiger partial charge on any atom is 0.169 e. The number of nitrogens with one attached hydrogen (secondary N) is 1. The lowest BCUT2D eigenvalue weighted by Crippen LogP contribution is -2.41. The fraction of sp³-hybridized carbons (Fsp3) is 0.350. The Morgan fingerprint density at radius 2 is 1.58 bits per heavy atom. The van der Waals surface area contributed by atoms with Crippen molar-refractivity contribution in [2.75, 3.05) is 13.2 Å². The summed E-state index contributed by atoms with van der Waals surface area (Å²) in [6, 6.07) is 20.9. The number of rotatable bonds is 6. The Hall–Kier alpha value is -1.91. The average Bonchev–Trinajstić information content (AvgIpc) is 3.14. The van der Waals surface area contributed by atoms with Crippen molar-refractivity contribution in [1.29, 1.82) is 0 Å². The van der Waals surface area contributed by atoms with Gasteiger partial charge in [0.25, 0.3) is 0 Å². The molecule has 1 saturated heterocycles. The molecule has 0 saturated carbocycles. The Balaban J connectivity index is 1.64. The molecule has 1 aliphatic rings. The van der Waals surface area contributed by atoms with Crippen LogP contribution < -0.4 is 5.32 Å². The highest BCUT2D eigenvalue weighted by Gasteiger charge is 2.17. The number of hydrogen-bond donors (Lipinski definition) is 1. The zero-order valence-electron chi connectivity index (χ0n) is 13.9. The molecule has 3 rings (SSSR count). The minimum absolute atomic E-state index is 0.290. The lowest BCUT2D eigenvalue weighted by Gasteiger charge is -2.27. The number of nitrogens with zero attached hydrogens (tertiary/aromatic N) is 1. The van der Waals surface area contributed by atoms with E-state index < -0.39 is 0 Å². The largest absolute Gasteiger partial charge is 0.376 e. The number of ether oxygens (including phenoxy) is 1. The third-order valence-corrected chi connectivity index (χ3v) is 4.63. The van der Waals surface area contributed by atoms with Gasteiger partial charge in [0, 0.05) is 26.2 Å². The van der Waals surface area contributed by atoms with E-state index in [4.69, 9.17) is 17.0 Å². The molecule has 0 spiro atoms. The maximum atomic E-state index is 5.68. The Morgan fingerprint density at radius 3 is 2.08 bits per heavy atom. The molecule has 4 heteroatoms. The van der Waals surface area contributed by atoms with E-state index in [0.29, 0.717) is 6.10 Å². The minimum atomic E-state index is 0.290. The van der Waals surface area contributed by atoms with Crippen molar-refractivity contribution in [3.63, 3.8) is 0 Å². The van der Waals surface area contributed by atoms with Gasteiger partial charge in [0.1, 0.15) is 0 Å². The van der Waals surface area contributed by atoms with Gasteiger partial charge in [-0.3, -0.25) is 0 Å². The summed E-state index contributed by atoms with van der Waals surface area (Å²) in [5.74, 6) is 0. The van der Waals surface area contributed by atoms with E-state index in [9.17, 15) is 0 Å². The van der Waals surface area contributed by atoms with Crippen LogP contribution in [0.25, 0.3) is 0 Å². The number of benzene rings is 2. The van der Waals surface area contributed by atoms with Gasteiger partial charge in [0.05, 0.1) is 6.10 Å². The van der Waals surface area contributed by atoms with Gasteiger partial charge in [-0.2, -0.15) is 0 Å². The van der Waals surface area contributed by atoms with E-state index in [0.717, 1.165) is 44.2 Å². The molecule has 0 bridgehead atoms. The molecule has 0 aromatic heterocycles. The summed E-state index contributed by atoms with van der Waals surface area (Å²) in [5, 5.41) is 4.19. The molecule has 1 aliphatic heterocycles. The summed E-state index contributed by atoms with van der Waals surface area (Å²) >= 11 is 5.67. The molecule has 1 atom stereocenters. The quantitative estimate of drug-likeness (QED) is 0.810. The predicted octanol–water partition coefficient (Wildman–Crippen LogP) is 3.74. The minimum Gasteiger partial charge on any atom is -0.376 e. The summed E-state index contributed by atoms with van der Waals surface area (Å²) < 4.78 is 5.68. The Bertz CT molecular complexity index is 585. The molecule has 3 nitrogen and oxygen atoms in total. The van der Waals surface area contributed by atoms with E-state index in [2.05, 4.69) is 58.7 Å². The summed E-state index contributed by atoms with van der Waals surface area (Å²) in [4.78, 5) is 2.22. The smallest absolute Gasteiger partial charge is 0.169 e. The second-order valence-electron chi connectivity index (χ2n) is 6.15. The molecule has 24 heavy (non-hydrogen) atoms. The van der Waals surface area contributed by atoms with Gasteiger partial charge in [-0.15, -0.1) is 0 Å². The first-order chi connectivity index (χ1) is 11.8. The SMILES string of the molecule is S=C(NCC1CCCO1)N(Cc1ccccc1)Cc1ccccc1. The molecule has 2 aromatic rings. The monoisotopic (exact) mass is 340 g/mol. The zero-order valence-corrected chi connectivity index (χ0v) is 14.7. The first-order valence-electron chi connectivity index (χ1n) is 8.53. The molecule has 0 amide bonds. The number of thiocarbonyl (C=S) groups is 1. The van der Waals surface area contributed by atoms with Gasteiger partial charge in [-0.05, 0) is 36.2 Å². The fourth-order valence-electron chi connectivity index (χ4n) is 2.93. The van der Waals surface area contributed by atoms with Crippen LogP contribution in [0.15, 0.2) is 60.7 Å². The van der Waals surface area contributed by atoms with Crippen molar-refractivity contribution in [2.24, 2.45) is 0 Å². The van der Waals surface area contributed by atoms with E-state index in [1.54, 1.807) is 0 Å². The van der Waals surface area contributed by atoms with Crippen LogP contribution in [-0.4, -0.2) is 29.3 Å². The average molecular weight is 340 g/mol. The van der Waals surface area contributed by atoms with Crippen LogP contribution >= 0.6 is 12.2 Å². The highest BCUT2D eigenvalue weighted by molar-refractivity contribution is 7.80. The van der Waals surface area contributed by atoms with E-state index >= 15 is 0 Å². The molecule has 0 radical (unpaired) electrons. The van der Waals surface area contributed by atoms with Gasteiger partial charge in [-0.1, -0.05) is 60.7 Å². The summed E-state index contributed by atoms with van der Waals surface area (Å²) in [7, 11) is 0. The predicted molar refractivity (Wildman–Crippen MR) is 102 cm³/mol. The van der Waals surface area contributed by atoms with Crippen LogP contribution in [0.4, 0.5) is 0 Å². The standard InChI is InChI=1S/C20H24N2OS/c24-20(21-14-19-12-7-13-23-19)22(15-17-8-3-1-4-9-17)16-18-10-5-2-6-11-18/h1-6,8-11,19H,7,12-16H2,(H,21,24). The first-order valence-corrected chi connectivity index (χ1v) is 8.94. The molecule has 126 valence electrons. The van der Waals surface area contributed by atoms with Crippen molar-refractivity contribution in [3.8, 4) is 0 Å². The number of hydrogen-bond acceptors (Lipinski definition) is 2. The second-order valence-corrected chi connectivity index (χ2v) is 6.54. The summed E-state index contributed by atoms with van der Waals surface area (Å²) in [6.45, 7) is 3.26. The maximum absolute atomic E-state index is 5.68. The van der Waals surface area contributed by atoms with Crippen LogP contribution in [0, 0.1) is 0 Å². The van der Waals surface area contributed by atoms with Crippen LogP contribution in [0.3, 0.4) is 0 Å². The van der Waals surface area contributed by atoms with Crippen LogP contribution in [0.2, 0.25) is 0 Å². The van der Waals surface area contributed by atoms with Gasteiger partial charge in [-0.25, -0.2) is 0 Å². The molecule has 2 aromatic carbocycles. The van der Waals surface area contributed by atoms with Crippen LogP contribution in [-0.2, 0) is 17.8 Å². The Labute approximate surface area is 149 Å². The zero-order chi connectivity index (χ0) is 16.6. The Morgan fingerprint density at radius 1 is 1.00 bits per heavy atom. The molecule has 1 heterocycles. The van der Waals surface area contributed by atoms with Gasteiger partial charge >= 0.3 is 0 Å². The van der Waals surface area contributed by atoms with Crippen LogP contribution in [0.1, 0.15) is 24.0 Å². The first kappa shape index (κ1) is 16.9. The molecular weight excluding hydrogens is 316 g/mol. The highest BCUT2D eigenvalue weighted by Crippen LogP contribution is 2.13. The van der Waals surface area contributed by atoms with E-state index in [1.807, 2.05) is 12.1 Å². The fourth-order valence-corrected chi connectivity index (χ4v) is 3.14. The lowest BCUT2D eigenvalue weighted by molar-refractivity contribution is 0.113. The van der Waals surface area contributed by atoms with Gasteiger partial charge < -0.3 is 15.0 Å². The summed E-state index contributed by atoms with van der Waals surface area (Å²) in [5.41, 5.74) is 2.52. The lowest BCUT2D eigenvalue weighted by atomic mass is 10.2. The third-order valence-electron chi connectivity index (χ3n) is 4.22. The molecule has 1 unspecified atom stereocenters. The molecule has 1 N–H and O–H groups in total. The normalized spacial score (nSPS) is 16.8. The van der Waals surface area contributed by atoms with Crippen molar-refractivity contribution >= 4 is 17.3 Å². The third kappa shape index (κ3) is 5.05. The van der Waals surface area contributed by atoms with E-state index in [1.165, 1.54) is 11.1 Å². The van der Waals surface area contributed by atoms with Crippen molar-refractivity contribution < 1.29 is 4.74 Å². The second kappa shape index (κ2) is 8.81. The van der Waals surface area contributed by atoms with E-state index in [-0.39, 0.29) is 0 Å². The summed E-state index contributed by atoms with van der Waals surface area (Å²) in [6.07, 6.45) is 2.56. The highest BCUT2D eigenvalue weighted by atomic mass is 32.1. The van der Waals surface area contributed by atoms with Crippen LogP contribution in [0.5, 0.6) is 0 Å². The van der Waals surface area contributed by atoms with Crippen molar-refractivity contribution in [1.82, 2.24) is 10.2 Å².